The van der Waals surface area contributed by atoms with Crippen molar-refractivity contribution in [2.75, 3.05) is 23.3 Å². The second-order valence-electron chi connectivity index (χ2n) is 5.38. The molecule has 0 aliphatic carbocycles. The topological polar surface area (TPSA) is 44.4 Å². The van der Waals surface area contributed by atoms with Crippen molar-refractivity contribution in [2.24, 2.45) is 0 Å². The Morgan fingerprint density at radius 2 is 2.00 bits per heavy atom. The van der Waals surface area contributed by atoms with E-state index in [-0.39, 0.29) is 11.8 Å². The Bertz CT molecular complexity index is 685. The number of urea groups is 1. The van der Waals surface area contributed by atoms with Gasteiger partial charge in [-0.1, -0.05) is 17.7 Å². The quantitative estimate of drug-likeness (QED) is 0.910. The number of carbonyl (C=O) groups excluding carboxylic acids is 1. The number of rotatable bonds is 4. The standard InChI is InChI=1S/C17H18FN3O/c1-12-2-7-16(18)13(10-12)11-20-14-3-5-15(6-4-14)21-9-8-19-17(21)22/h2-7,10,20H,8-9,11H2,1H3,(H,19,22). The Morgan fingerprint density at radius 1 is 1.23 bits per heavy atom. The number of hydrogen-bond donors (Lipinski definition) is 2. The third kappa shape index (κ3) is 3.03. The highest BCUT2D eigenvalue weighted by Gasteiger charge is 2.20. The third-order valence-corrected chi connectivity index (χ3v) is 3.72. The zero-order valence-corrected chi connectivity index (χ0v) is 12.4. The predicted octanol–water partition coefficient (Wildman–Crippen LogP) is 3.28. The van der Waals surface area contributed by atoms with Gasteiger partial charge >= 0.3 is 6.03 Å². The molecule has 22 heavy (non-hydrogen) atoms. The fourth-order valence-electron chi connectivity index (χ4n) is 2.51. The van der Waals surface area contributed by atoms with Crippen LogP contribution in [0.1, 0.15) is 11.1 Å². The second-order valence-corrected chi connectivity index (χ2v) is 5.38. The Labute approximate surface area is 128 Å². The molecule has 0 saturated carbocycles. The average Bonchev–Trinajstić information content (AvgIpc) is 2.95. The van der Waals surface area contributed by atoms with Crippen LogP contribution in [0.15, 0.2) is 42.5 Å². The maximum Gasteiger partial charge on any atom is 0.321 e. The van der Waals surface area contributed by atoms with E-state index in [9.17, 15) is 9.18 Å². The summed E-state index contributed by atoms with van der Waals surface area (Å²) >= 11 is 0. The lowest BCUT2D eigenvalue weighted by Gasteiger charge is -2.15. The molecule has 1 aliphatic heterocycles. The van der Waals surface area contributed by atoms with E-state index in [1.165, 1.54) is 6.07 Å². The molecular weight excluding hydrogens is 281 g/mol. The Balaban J connectivity index is 1.66. The third-order valence-electron chi connectivity index (χ3n) is 3.72. The molecule has 4 nitrogen and oxygen atoms in total. The first-order chi connectivity index (χ1) is 10.6. The van der Waals surface area contributed by atoms with Crippen molar-refractivity contribution in [2.45, 2.75) is 13.5 Å². The van der Waals surface area contributed by atoms with E-state index in [1.54, 1.807) is 11.0 Å². The Kier molecular flexibility index (Phi) is 3.96. The van der Waals surface area contributed by atoms with Crippen molar-refractivity contribution >= 4 is 17.4 Å². The molecule has 1 heterocycles. The van der Waals surface area contributed by atoms with Crippen LogP contribution in [0.25, 0.3) is 0 Å². The molecule has 1 fully saturated rings. The molecule has 2 aromatic carbocycles. The van der Waals surface area contributed by atoms with Crippen molar-refractivity contribution in [3.05, 3.63) is 59.4 Å². The van der Waals surface area contributed by atoms with Gasteiger partial charge in [-0.05, 0) is 37.3 Å². The van der Waals surface area contributed by atoms with Crippen LogP contribution in [-0.2, 0) is 6.54 Å². The van der Waals surface area contributed by atoms with E-state index in [4.69, 9.17) is 0 Å². The van der Waals surface area contributed by atoms with Crippen molar-refractivity contribution in [1.82, 2.24) is 5.32 Å². The lowest BCUT2D eigenvalue weighted by atomic mass is 10.1. The summed E-state index contributed by atoms with van der Waals surface area (Å²) in [5.41, 5.74) is 3.43. The van der Waals surface area contributed by atoms with Crippen molar-refractivity contribution in [3.63, 3.8) is 0 Å². The van der Waals surface area contributed by atoms with E-state index in [0.717, 1.165) is 16.9 Å². The molecule has 0 atom stereocenters. The minimum absolute atomic E-state index is 0.0671. The normalized spacial score (nSPS) is 14.1. The number of halogens is 1. The van der Waals surface area contributed by atoms with Crippen molar-refractivity contribution < 1.29 is 9.18 Å². The van der Waals surface area contributed by atoms with E-state index in [1.807, 2.05) is 37.3 Å². The number of anilines is 2. The van der Waals surface area contributed by atoms with Gasteiger partial charge in [-0.2, -0.15) is 0 Å². The summed E-state index contributed by atoms with van der Waals surface area (Å²) in [6.45, 7) is 3.72. The summed E-state index contributed by atoms with van der Waals surface area (Å²) in [4.78, 5) is 13.3. The first kappa shape index (κ1) is 14.4. The number of amides is 2. The lowest BCUT2D eigenvalue weighted by Crippen LogP contribution is -2.27. The number of hydrogen-bond acceptors (Lipinski definition) is 2. The second kappa shape index (κ2) is 6.05. The summed E-state index contributed by atoms with van der Waals surface area (Å²) in [7, 11) is 0. The van der Waals surface area contributed by atoms with Gasteiger partial charge < -0.3 is 10.6 Å². The number of nitrogens with one attached hydrogen (secondary N) is 2. The minimum Gasteiger partial charge on any atom is -0.381 e. The molecule has 2 N–H and O–H groups in total. The molecule has 1 aliphatic rings. The summed E-state index contributed by atoms with van der Waals surface area (Å²) in [5, 5.41) is 5.97. The van der Waals surface area contributed by atoms with Gasteiger partial charge in [-0.25, -0.2) is 9.18 Å². The largest absolute Gasteiger partial charge is 0.381 e. The number of aryl methyl sites for hydroxylation is 1. The molecule has 2 aromatic rings. The summed E-state index contributed by atoms with van der Waals surface area (Å²) in [6.07, 6.45) is 0. The molecule has 0 aromatic heterocycles. The molecule has 1 saturated heterocycles. The SMILES string of the molecule is Cc1ccc(F)c(CNc2ccc(N3CCNC3=O)cc2)c1. The van der Waals surface area contributed by atoms with Gasteiger partial charge in [0.25, 0.3) is 0 Å². The number of carbonyl (C=O) groups is 1. The molecule has 0 radical (unpaired) electrons. The molecule has 0 bridgehead atoms. The van der Waals surface area contributed by atoms with Crippen LogP contribution < -0.4 is 15.5 Å². The molecule has 3 rings (SSSR count). The molecule has 0 unspecified atom stereocenters. The zero-order valence-electron chi connectivity index (χ0n) is 12.4. The molecule has 0 spiro atoms. The van der Waals surface area contributed by atoms with E-state index in [0.29, 0.717) is 25.2 Å². The zero-order chi connectivity index (χ0) is 15.5. The van der Waals surface area contributed by atoms with Gasteiger partial charge in [-0.3, -0.25) is 4.90 Å². The minimum atomic E-state index is -0.205. The van der Waals surface area contributed by atoms with E-state index in [2.05, 4.69) is 10.6 Å². The average molecular weight is 299 g/mol. The first-order valence-corrected chi connectivity index (χ1v) is 7.28. The highest BCUT2D eigenvalue weighted by atomic mass is 19.1. The Hall–Kier alpha value is -2.56. The van der Waals surface area contributed by atoms with Crippen molar-refractivity contribution in [1.29, 1.82) is 0 Å². The molecular formula is C17H18FN3O. The van der Waals surface area contributed by atoms with Gasteiger partial charge in [0.15, 0.2) is 0 Å². The van der Waals surface area contributed by atoms with Crippen LogP contribution in [0.2, 0.25) is 0 Å². The van der Waals surface area contributed by atoms with Crippen LogP contribution in [0.4, 0.5) is 20.6 Å². The molecule has 5 heteroatoms. The Morgan fingerprint density at radius 3 is 2.68 bits per heavy atom. The van der Waals surface area contributed by atoms with Crippen LogP contribution in [-0.4, -0.2) is 19.1 Å². The van der Waals surface area contributed by atoms with Crippen molar-refractivity contribution in [3.8, 4) is 0 Å². The number of benzene rings is 2. The fraction of sp³-hybridized carbons (Fsp3) is 0.235. The van der Waals surface area contributed by atoms with Gasteiger partial charge in [0.1, 0.15) is 5.82 Å². The van der Waals surface area contributed by atoms with Gasteiger partial charge in [0.2, 0.25) is 0 Å². The van der Waals surface area contributed by atoms with Crippen LogP contribution in [0, 0.1) is 12.7 Å². The summed E-state index contributed by atoms with van der Waals surface area (Å²) in [5.74, 6) is -0.205. The van der Waals surface area contributed by atoms with Crippen LogP contribution in [0.3, 0.4) is 0 Å². The molecule has 2 amide bonds. The monoisotopic (exact) mass is 299 g/mol. The predicted molar refractivity (Wildman–Crippen MR) is 85.7 cm³/mol. The highest BCUT2D eigenvalue weighted by Crippen LogP contribution is 2.20. The molecule has 114 valence electrons. The fourth-order valence-corrected chi connectivity index (χ4v) is 2.51. The van der Waals surface area contributed by atoms with Crippen LogP contribution >= 0.6 is 0 Å². The summed E-state index contributed by atoms with van der Waals surface area (Å²) in [6, 6.07) is 12.6. The van der Waals surface area contributed by atoms with Gasteiger partial charge in [0.05, 0.1) is 0 Å². The first-order valence-electron chi connectivity index (χ1n) is 7.28. The van der Waals surface area contributed by atoms with Gasteiger partial charge in [-0.15, -0.1) is 0 Å². The summed E-state index contributed by atoms with van der Waals surface area (Å²) < 4.78 is 13.7. The smallest absolute Gasteiger partial charge is 0.321 e. The van der Waals surface area contributed by atoms with Crippen LogP contribution in [0.5, 0.6) is 0 Å². The number of nitrogens with zero attached hydrogens (tertiary/aromatic N) is 1. The lowest BCUT2D eigenvalue weighted by molar-refractivity contribution is 0.252. The highest BCUT2D eigenvalue weighted by molar-refractivity contribution is 5.94. The van der Waals surface area contributed by atoms with Gasteiger partial charge in [0, 0.05) is 36.6 Å². The maximum atomic E-state index is 13.7. The van der Waals surface area contributed by atoms with E-state index >= 15 is 0 Å². The van der Waals surface area contributed by atoms with E-state index < -0.39 is 0 Å². The maximum absolute atomic E-state index is 13.7.